The topological polar surface area (TPSA) is 17.1 Å². The number of carbonyl (C=O) groups excluding carboxylic acids is 1. The van der Waals surface area contributed by atoms with Crippen LogP contribution in [0.15, 0.2) is 0 Å². The molecule has 0 amide bonds. The zero-order chi connectivity index (χ0) is 7.84. The molecular weight excluding hydrogens is 156 g/mol. The van der Waals surface area contributed by atoms with E-state index in [2.05, 4.69) is 12.6 Å². The fourth-order valence-corrected chi connectivity index (χ4v) is 3.07. The number of hydrogen-bond donors (Lipinski definition) is 1. The summed E-state index contributed by atoms with van der Waals surface area (Å²) in [6, 6.07) is 0. The minimum absolute atomic E-state index is 0.395. The van der Waals surface area contributed by atoms with Gasteiger partial charge in [0.15, 0.2) is 0 Å². The Morgan fingerprint density at radius 3 is 2.82 bits per heavy atom. The lowest BCUT2D eigenvalue weighted by atomic mass is 9.81. The number of ketones is 1. The summed E-state index contributed by atoms with van der Waals surface area (Å²) in [7, 11) is 0. The van der Waals surface area contributed by atoms with Crippen molar-refractivity contribution in [2.24, 2.45) is 11.8 Å². The Balaban J connectivity index is 2.12. The molecule has 2 heteroatoms. The third kappa shape index (κ3) is 1.22. The van der Waals surface area contributed by atoms with Crippen molar-refractivity contribution in [3.63, 3.8) is 0 Å². The first-order valence-corrected chi connectivity index (χ1v) is 5.01. The predicted octanol–water partition coefficient (Wildman–Crippen LogP) is 2.06. The van der Waals surface area contributed by atoms with Crippen molar-refractivity contribution in [1.29, 1.82) is 0 Å². The van der Waals surface area contributed by atoms with Gasteiger partial charge in [-0.3, -0.25) is 4.79 Å². The van der Waals surface area contributed by atoms with Crippen LogP contribution in [-0.2, 0) is 4.79 Å². The molecule has 0 N–H and O–H groups in total. The molecule has 0 saturated heterocycles. The Hall–Kier alpha value is 0.0200. The second-order valence-electron chi connectivity index (χ2n) is 3.77. The predicted molar refractivity (Wildman–Crippen MR) is 47.8 cm³/mol. The molecule has 3 unspecified atom stereocenters. The van der Waals surface area contributed by atoms with Crippen LogP contribution in [0, 0.1) is 11.8 Å². The van der Waals surface area contributed by atoms with E-state index in [9.17, 15) is 4.79 Å². The Bertz CT molecular complexity index is 178. The lowest BCUT2D eigenvalue weighted by Gasteiger charge is -2.29. The van der Waals surface area contributed by atoms with Crippen molar-refractivity contribution in [1.82, 2.24) is 0 Å². The van der Waals surface area contributed by atoms with E-state index in [1.807, 2.05) is 0 Å². The molecule has 0 aromatic carbocycles. The molecule has 2 rings (SSSR count). The Labute approximate surface area is 73.0 Å². The second kappa shape index (κ2) is 2.81. The number of rotatable bonds is 0. The molecule has 11 heavy (non-hydrogen) atoms. The maximum atomic E-state index is 11.3. The summed E-state index contributed by atoms with van der Waals surface area (Å²) in [5.74, 6) is 1.53. The van der Waals surface area contributed by atoms with Crippen LogP contribution >= 0.6 is 12.6 Å². The van der Waals surface area contributed by atoms with E-state index in [0.29, 0.717) is 22.9 Å². The number of hydrogen-bond acceptors (Lipinski definition) is 2. The Kier molecular flexibility index (Phi) is 1.96. The molecule has 0 radical (unpaired) electrons. The van der Waals surface area contributed by atoms with Gasteiger partial charge in [-0.25, -0.2) is 0 Å². The highest BCUT2D eigenvalue weighted by atomic mass is 32.1. The summed E-state index contributed by atoms with van der Waals surface area (Å²) in [5, 5.41) is 0.514. The lowest BCUT2D eigenvalue weighted by Crippen LogP contribution is -2.27. The quantitative estimate of drug-likeness (QED) is 0.551. The SMILES string of the molecule is O=C1CCC2C(S)CCCC12. The van der Waals surface area contributed by atoms with Gasteiger partial charge in [0, 0.05) is 17.6 Å². The molecule has 0 spiro atoms. The summed E-state index contributed by atoms with van der Waals surface area (Å²) >= 11 is 4.52. The van der Waals surface area contributed by atoms with Gasteiger partial charge in [0.2, 0.25) is 0 Å². The van der Waals surface area contributed by atoms with E-state index in [-0.39, 0.29) is 0 Å². The van der Waals surface area contributed by atoms with E-state index in [1.165, 1.54) is 12.8 Å². The molecule has 0 bridgehead atoms. The van der Waals surface area contributed by atoms with Crippen molar-refractivity contribution >= 4 is 18.4 Å². The van der Waals surface area contributed by atoms with E-state index in [4.69, 9.17) is 0 Å². The monoisotopic (exact) mass is 170 g/mol. The van der Waals surface area contributed by atoms with E-state index in [0.717, 1.165) is 19.3 Å². The molecule has 2 fully saturated rings. The van der Waals surface area contributed by atoms with Gasteiger partial charge in [0.25, 0.3) is 0 Å². The molecule has 3 atom stereocenters. The Morgan fingerprint density at radius 2 is 2.09 bits per heavy atom. The molecule has 62 valence electrons. The lowest BCUT2D eigenvalue weighted by molar-refractivity contribution is -0.121. The fraction of sp³-hybridized carbons (Fsp3) is 0.889. The van der Waals surface area contributed by atoms with Gasteiger partial charge in [0.1, 0.15) is 5.78 Å². The summed E-state index contributed by atoms with van der Waals surface area (Å²) in [4.78, 5) is 11.3. The number of carbonyl (C=O) groups is 1. The van der Waals surface area contributed by atoms with Gasteiger partial charge in [-0.1, -0.05) is 6.42 Å². The fourth-order valence-electron chi connectivity index (χ4n) is 2.53. The highest BCUT2D eigenvalue weighted by Gasteiger charge is 2.39. The van der Waals surface area contributed by atoms with Crippen LogP contribution in [0.5, 0.6) is 0 Å². The molecule has 0 aliphatic heterocycles. The van der Waals surface area contributed by atoms with Gasteiger partial charge in [-0.15, -0.1) is 0 Å². The van der Waals surface area contributed by atoms with Gasteiger partial charge in [-0.2, -0.15) is 12.6 Å². The zero-order valence-electron chi connectivity index (χ0n) is 6.62. The van der Waals surface area contributed by atoms with Gasteiger partial charge in [0.05, 0.1) is 0 Å². The maximum absolute atomic E-state index is 11.3. The number of fused-ring (bicyclic) bond motifs is 1. The molecule has 1 nitrogen and oxygen atoms in total. The summed E-state index contributed by atoms with van der Waals surface area (Å²) in [6.45, 7) is 0. The Morgan fingerprint density at radius 1 is 1.27 bits per heavy atom. The highest BCUT2D eigenvalue weighted by Crippen LogP contribution is 2.42. The van der Waals surface area contributed by atoms with Crippen molar-refractivity contribution in [2.75, 3.05) is 0 Å². The number of thiol groups is 1. The third-order valence-electron chi connectivity index (χ3n) is 3.16. The molecule has 2 aliphatic carbocycles. The van der Waals surface area contributed by atoms with Gasteiger partial charge >= 0.3 is 0 Å². The van der Waals surface area contributed by atoms with Crippen molar-refractivity contribution < 1.29 is 4.79 Å². The van der Waals surface area contributed by atoms with Crippen molar-refractivity contribution in [2.45, 2.75) is 37.4 Å². The van der Waals surface area contributed by atoms with Crippen molar-refractivity contribution in [3.8, 4) is 0 Å². The average Bonchev–Trinajstić information content (AvgIpc) is 2.35. The first-order chi connectivity index (χ1) is 5.29. The molecule has 2 saturated carbocycles. The summed E-state index contributed by atoms with van der Waals surface area (Å²) in [6.07, 6.45) is 5.50. The first-order valence-electron chi connectivity index (χ1n) is 4.50. The van der Waals surface area contributed by atoms with Crippen LogP contribution in [0.1, 0.15) is 32.1 Å². The largest absolute Gasteiger partial charge is 0.299 e. The van der Waals surface area contributed by atoms with Crippen LogP contribution < -0.4 is 0 Å². The van der Waals surface area contributed by atoms with Crippen LogP contribution in [0.25, 0.3) is 0 Å². The molecule has 0 aromatic heterocycles. The second-order valence-corrected chi connectivity index (χ2v) is 4.44. The number of Topliss-reactive ketones (excluding diaryl/α,β-unsaturated/α-hetero) is 1. The van der Waals surface area contributed by atoms with E-state index in [1.54, 1.807) is 0 Å². The van der Waals surface area contributed by atoms with Crippen LogP contribution in [0.4, 0.5) is 0 Å². The van der Waals surface area contributed by atoms with E-state index < -0.39 is 0 Å². The standard InChI is InChI=1S/C9H14OS/c10-8-5-4-7-6(8)2-1-3-9(7)11/h6-7,9,11H,1-5H2. The molecule has 0 heterocycles. The van der Waals surface area contributed by atoms with Crippen LogP contribution in [-0.4, -0.2) is 11.0 Å². The maximum Gasteiger partial charge on any atom is 0.136 e. The van der Waals surface area contributed by atoms with Crippen LogP contribution in [0.2, 0.25) is 0 Å². The minimum Gasteiger partial charge on any atom is -0.299 e. The normalized spacial score (nSPS) is 44.1. The van der Waals surface area contributed by atoms with Crippen LogP contribution in [0.3, 0.4) is 0 Å². The molecule has 2 aliphatic rings. The van der Waals surface area contributed by atoms with Gasteiger partial charge in [-0.05, 0) is 25.2 Å². The molecule has 0 aromatic rings. The minimum atomic E-state index is 0.395. The smallest absolute Gasteiger partial charge is 0.136 e. The van der Waals surface area contributed by atoms with Gasteiger partial charge < -0.3 is 0 Å². The summed E-state index contributed by atoms with van der Waals surface area (Å²) < 4.78 is 0. The average molecular weight is 170 g/mol. The highest BCUT2D eigenvalue weighted by molar-refractivity contribution is 7.81. The first kappa shape index (κ1) is 7.66. The third-order valence-corrected chi connectivity index (χ3v) is 3.80. The van der Waals surface area contributed by atoms with E-state index >= 15 is 0 Å². The molecular formula is C9H14OS. The van der Waals surface area contributed by atoms with Crippen molar-refractivity contribution in [3.05, 3.63) is 0 Å². The zero-order valence-corrected chi connectivity index (χ0v) is 7.52. The summed E-state index contributed by atoms with van der Waals surface area (Å²) in [5.41, 5.74) is 0.